The van der Waals surface area contributed by atoms with Crippen LogP contribution in [0.3, 0.4) is 0 Å². The van der Waals surface area contributed by atoms with Crippen LogP contribution in [0.15, 0.2) is 47.5 Å². The molecule has 0 spiro atoms. The van der Waals surface area contributed by atoms with E-state index in [-0.39, 0.29) is 17.1 Å². The number of sulfonamides is 1. The summed E-state index contributed by atoms with van der Waals surface area (Å²) in [6, 6.07) is 8.84. The molecule has 8 heteroatoms. The number of ether oxygens (including phenoxy) is 1. The van der Waals surface area contributed by atoms with E-state index in [0.717, 1.165) is 0 Å². The third kappa shape index (κ3) is 4.75. The van der Waals surface area contributed by atoms with Crippen LogP contribution in [0.2, 0.25) is 5.15 Å². The molecule has 23 heavy (non-hydrogen) atoms. The minimum absolute atomic E-state index is 0.0560. The Labute approximate surface area is 139 Å². The Kier molecular flexibility index (Phi) is 5.70. The lowest BCUT2D eigenvalue weighted by atomic mass is 10.2. The lowest BCUT2D eigenvalue weighted by molar-refractivity contribution is 0.0472. The van der Waals surface area contributed by atoms with Crippen LogP contribution < -0.4 is 4.72 Å². The van der Waals surface area contributed by atoms with Crippen molar-refractivity contribution in [1.29, 1.82) is 0 Å². The zero-order chi connectivity index (χ0) is 16.9. The van der Waals surface area contributed by atoms with Crippen LogP contribution in [0.25, 0.3) is 0 Å². The molecule has 1 heterocycles. The highest BCUT2D eigenvalue weighted by atomic mass is 35.5. The summed E-state index contributed by atoms with van der Waals surface area (Å²) in [5.41, 5.74) is 0.969. The second-order valence-corrected chi connectivity index (χ2v) is 6.75. The van der Waals surface area contributed by atoms with Gasteiger partial charge in [-0.1, -0.05) is 24.6 Å². The van der Waals surface area contributed by atoms with Gasteiger partial charge >= 0.3 is 5.97 Å². The van der Waals surface area contributed by atoms with E-state index in [1.54, 1.807) is 19.1 Å². The van der Waals surface area contributed by atoms with Gasteiger partial charge in [0, 0.05) is 18.3 Å². The summed E-state index contributed by atoms with van der Waals surface area (Å²) in [7, 11) is -3.54. The number of carbonyl (C=O) groups excluding carboxylic acids is 1. The number of carbonyl (C=O) groups is 1. The number of hydrogen-bond donors (Lipinski definition) is 1. The number of hydrogen-bond acceptors (Lipinski definition) is 5. The first-order valence-electron chi connectivity index (χ1n) is 6.79. The fraction of sp³-hybridized carbons (Fsp3) is 0.200. The van der Waals surface area contributed by atoms with Gasteiger partial charge in [0.15, 0.2) is 0 Å². The molecule has 122 valence electrons. The van der Waals surface area contributed by atoms with E-state index in [1.165, 1.54) is 30.5 Å². The van der Waals surface area contributed by atoms with E-state index >= 15 is 0 Å². The molecule has 0 atom stereocenters. The lowest BCUT2D eigenvalue weighted by Crippen LogP contribution is -2.23. The third-order valence-corrected chi connectivity index (χ3v) is 4.68. The molecular formula is C15H15ClN2O4S. The number of nitrogens with zero attached hydrogens (tertiary/aromatic N) is 1. The smallest absolute Gasteiger partial charge is 0.338 e. The maximum atomic E-state index is 11.9. The SMILES string of the molecule is CCNS(=O)(=O)c1ccc(C(=O)OCc2ccc(Cl)nc2)cc1. The second-order valence-electron chi connectivity index (χ2n) is 4.59. The summed E-state index contributed by atoms with van der Waals surface area (Å²) in [6.45, 7) is 2.04. The van der Waals surface area contributed by atoms with Gasteiger partial charge in [0.2, 0.25) is 10.0 Å². The molecule has 0 aliphatic heterocycles. The molecule has 0 fully saturated rings. The Morgan fingerprint density at radius 3 is 2.48 bits per heavy atom. The predicted octanol–water partition coefficient (Wildman–Crippen LogP) is 2.39. The van der Waals surface area contributed by atoms with Gasteiger partial charge in [-0.25, -0.2) is 22.9 Å². The molecule has 2 rings (SSSR count). The van der Waals surface area contributed by atoms with E-state index in [1.807, 2.05) is 0 Å². The Balaban J connectivity index is 2.01. The van der Waals surface area contributed by atoms with E-state index in [9.17, 15) is 13.2 Å². The second kappa shape index (κ2) is 7.54. The van der Waals surface area contributed by atoms with Gasteiger partial charge < -0.3 is 4.74 Å². The Hall–Kier alpha value is -1.96. The summed E-state index contributed by atoms with van der Waals surface area (Å²) in [5.74, 6) is -0.549. The van der Waals surface area contributed by atoms with E-state index in [2.05, 4.69) is 9.71 Å². The van der Waals surface area contributed by atoms with Crippen molar-refractivity contribution in [2.75, 3.05) is 6.54 Å². The minimum atomic E-state index is -3.54. The largest absolute Gasteiger partial charge is 0.457 e. The average molecular weight is 355 g/mol. The van der Waals surface area contributed by atoms with E-state index < -0.39 is 16.0 Å². The molecule has 0 amide bonds. The molecule has 0 radical (unpaired) electrons. The van der Waals surface area contributed by atoms with Crippen LogP contribution in [-0.4, -0.2) is 25.9 Å². The van der Waals surface area contributed by atoms with Crippen molar-refractivity contribution in [2.45, 2.75) is 18.4 Å². The highest BCUT2D eigenvalue weighted by Gasteiger charge is 2.14. The summed E-state index contributed by atoms with van der Waals surface area (Å²) in [6.07, 6.45) is 1.52. The number of esters is 1. The highest BCUT2D eigenvalue weighted by molar-refractivity contribution is 7.89. The summed E-state index contributed by atoms with van der Waals surface area (Å²) < 4.78 is 31.1. The van der Waals surface area contributed by atoms with Gasteiger partial charge in [-0.3, -0.25) is 0 Å². The minimum Gasteiger partial charge on any atom is -0.457 e. The molecule has 0 saturated heterocycles. The number of aromatic nitrogens is 1. The van der Waals surface area contributed by atoms with Crippen LogP contribution in [0.4, 0.5) is 0 Å². The molecule has 2 aromatic rings. The van der Waals surface area contributed by atoms with Crippen LogP contribution in [-0.2, 0) is 21.4 Å². The van der Waals surface area contributed by atoms with Gasteiger partial charge in [0.1, 0.15) is 11.8 Å². The van der Waals surface area contributed by atoms with Gasteiger partial charge in [-0.2, -0.15) is 0 Å². The fourth-order valence-corrected chi connectivity index (χ4v) is 2.92. The number of nitrogens with one attached hydrogen (secondary N) is 1. The van der Waals surface area contributed by atoms with Crippen molar-refractivity contribution in [3.05, 3.63) is 58.9 Å². The summed E-state index contributed by atoms with van der Waals surface area (Å²) in [4.78, 5) is 15.9. The third-order valence-electron chi connectivity index (χ3n) is 2.89. The fourth-order valence-electron chi connectivity index (χ4n) is 1.77. The van der Waals surface area contributed by atoms with Crippen LogP contribution >= 0.6 is 11.6 Å². The van der Waals surface area contributed by atoms with Crippen molar-refractivity contribution in [2.24, 2.45) is 0 Å². The van der Waals surface area contributed by atoms with Crippen LogP contribution in [0.5, 0.6) is 0 Å². The molecule has 6 nitrogen and oxygen atoms in total. The van der Waals surface area contributed by atoms with Crippen molar-refractivity contribution >= 4 is 27.6 Å². The number of pyridine rings is 1. The maximum absolute atomic E-state index is 11.9. The van der Waals surface area contributed by atoms with Crippen LogP contribution in [0.1, 0.15) is 22.8 Å². The molecule has 0 bridgehead atoms. The molecule has 0 aliphatic carbocycles. The number of benzene rings is 1. The quantitative estimate of drug-likeness (QED) is 0.636. The highest BCUT2D eigenvalue weighted by Crippen LogP contribution is 2.12. The van der Waals surface area contributed by atoms with Crippen LogP contribution in [0, 0.1) is 0 Å². The first-order valence-corrected chi connectivity index (χ1v) is 8.66. The first kappa shape index (κ1) is 17.4. The molecular weight excluding hydrogens is 340 g/mol. The van der Waals surface area contributed by atoms with E-state index in [4.69, 9.17) is 16.3 Å². The maximum Gasteiger partial charge on any atom is 0.338 e. The zero-order valence-electron chi connectivity index (χ0n) is 12.3. The lowest BCUT2D eigenvalue weighted by Gasteiger charge is -2.07. The Bertz CT molecular complexity index is 774. The monoisotopic (exact) mass is 354 g/mol. The van der Waals surface area contributed by atoms with Crippen molar-refractivity contribution in [3.63, 3.8) is 0 Å². The molecule has 0 unspecified atom stereocenters. The van der Waals surface area contributed by atoms with E-state index in [0.29, 0.717) is 17.3 Å². The van der Waals surface area contributed by atoms with Crippen molar-refractivity contribution in [3.8, 4) is 0 Å². The van der Waals surface area contributed by atoms with Gasteiger partial charge in [-0.15, -0.1) is 0 Å². The predicted molar refractivity (Wildman–Crippen MR) is 85.7 cm³/mol. The Morgan fingerprint density at radius 1 is 1.22 bits per heavy atom. The normalized spacial score (nSPS) is 11.2. The topological polar surface area (TPSA) is 85.4 Å². The van der Waals surface area contributed by atoms with Crippen molar-refractivity contribution < 1.29 is 17.9 Å². The molecule has 1 aromatic carbocycles. The summed E-state index contributed by atoms with van der Waals surface area (Å²) in [5, 5.41) is 0.359. The molecule has 0 saturated carbocycles. The molecule has 0 aliphatic rings. The molecule has 1 N–H and O–H groups in total. The Morgan fingerprint density at radius 2 is 1.91 bits per heavy atom. The zero-order valence-corrected chi connectivity index (χ0v) is 13.9. The first-order chi connectivity index (χ1) is 10.9. The standard InChI is InChI=1S/C15H15ClN2O4S/c1-2-18-23(20,21)13-6-4-12(5-7-13)15(19)22-10-11-3-8-14(16)17-9-11/h3-9,18H,2,10H2,1H3. The number of halogens is 1. The van der Waals surface area contributed by atoms with Gasteiger partial charge in [0.25, 0.3) is 0 Å². The van der Waals surface area contributed by atoms with Gasteiger partial charge in [-0.05, 0) is 30.3 Å². The van der Waals surface area contributed by atoms with Crippen molar-refractivity contribution in [1.82, 2.24) is 9.71 Å². The molecule has 1 aromatic heterocycles. The van der Waals surface area contributed by atoms with Gasteiger partial charge in [0.05, 0.1) is 10.5 Å². The average Bonchev–Trinajstić information content (AvgIpc) is 2.54. The summed E-state index contributed by atoms with van der Waals surface area (Å²) >= 11 is 5.67. The number of rotatable bonds is 6.